The lowest BCUT2D eigenvalue weighted by molar-refractivity contribution is -0.145. The Labute approximate surface area is 154 Å². The van der Waals surface area contributed by atoms with Crippen molar-refractivity contribution in [2.75, 3.05) is 13.2 Å². The molecule has 0 radical (unpaired) electrons. The van der Waals surface area contributed by atoms with Crippen LogP contribution in [-0.4, -0.2) is 40.9 Å². The average Bonchev–Trinajstić information content (AvgIpc) is 2.60. The van der Waals surface area contributed by atoms with Gasteiger partial charge in [-0.1, -0.05) is 42.5 Å². The second-order valence-corrected chi connectivity index (χ2v) is 7.90. The number of halogens is 1. The monoisotopic (exact) mass is 355 g/mol. The molecule has 0 saturated carbocycles. The molecule has 138 valence electrons. The van der Waals surface area contributed by atoms with Crippen molar-refractivity contribution < 1.29 is 14.2 Å². The Morgan fingerprint density at radius 1 is 1.08 bits per heavy atom. The Hall–Kier alpha value is -1.75. The second-order valence-electron chi connectivity index (χ2n) is 7.90. The molecule has 2 aliphatic rings. The summed E-state index contributed by atoms with van der Waals surface area (Å²) in [5.74, 6) is -0.198. The summed E-state index contributed by atoms with van der Waals surface area (Å²) in [6.45, 7) is 3.94. The van der Waals surface area contributed by atoms with E-state index in [0.29, 0.717) is 38.0 Å². The molecule has 0 spiro atoms. The number of morpholine rings is 1. The van der Waals surface area contributed by atoms with Gasteiger partial charge < -0.3 is 9.84 Å². The van der Waals surface area contributed by atoms with Crippen LogP contribution in [0.1, 0.15) is 29.5 Å². The van der Waals surface area contributed by atoms with E-state index < -0.39 is 5.60 Å². The first-order chi connectivity index (χ1) is 12.5. The molecule has 0 amide bonds. The zero-order chi connectivity index (χ0) is 18.1. The van der Waals surface area contributed by atoms with Crippen molar-refractivity contribution in [1.29, 1.82) is 0 Å². The fourth-order valence-corrected chi connectivity index (χ4v) is 4.47. The molecule has 2 aromatic rings. The van der Waals surface area contributed by atoms with Gasteiger partial charge in [-0.2, -0.15) is 0 Å². The van der Waals surface area contributed by atoms with Crippen molar-refractivity contribution >= 4 is 0 Å². The molecule has 2 unspecified atom stereocenters. The van der Waals surface area contributed by atoms with Crippen molar-refractivity contribution in [3.63, 3.8) is 0 Å². The SMILES string of the molecule is Cc1ccc(CC2(O)CC3COCC(C2)N3Cc2ccccc2)cc1F. The van der Waals surface area contributed by atoms with Crippen LogP contribution in [0.4, 0.5) is 4.39 Å². The lowest BCUT2D eigenvalue weighted by atomic mass is 9.77. The molecule has 2 saturated heterocycles. The number of aryl methyl sites for hydroxylation is 1. The minimum absolute atomic E-state index is 0.197. The minimum Gasteiger partial charge on any atom is -0.389 e. The van der Waals surface area contributed by atoms with Gasteiger partial charge in [0.25, 0.3) is 0 Å². The molecule has 26 heavy (non-hydrogen) atoms. The highest BCUT2D eigenvalue weighted by atomic mass is 19.1. The van der Waals surface area contributed by atoms with Gasteiger partial charge in [-0.15, -0.1) is 0 Å². The van der Waals surface area contributed by atoms with Gasteiger partial charge in [0.2, 0.25) is 0 Å². The molecule has 4 rings (SSSR count). The largest absolute Gasteiger partial charge is 0.389 e. The maximum absolute atomic E-state index is 13.9. The normalized spacial score (nSPS) is 28.9. The first-order valence-electron chi connectivity index (χ1n) is 9.37. The highest BCUT2D eigenvalue weighted by Gasteiger charge is 2.45. The molecule has 3 nitrogen and oxygen atoms in total. The van der Waals surface area contributed by atoms with Gasteiger partial charge in [-0.3, -0.25) is 4.90 Å². The van der Waals surface area contributed by atoms with Gasteiger partial charge in [0.05, 0.1) is 18.8 Å². The first kappa shape index (κ1) is 17.7. The van der Waals surface area contributed by atoms with Crippen LogP contribution in [0.25, 0.3) is 0 Å². The van der Waals surface area contributed by atoms with E-state index in [2.05, 4.69) is 29.2 Å². The molecule has 2 aromatic carbocycles. The molecule has 2 bridgehead atoms. The van der Waals surface area contributed by atoms with Crippen molar-refractivity contribution in [2.24, 2.45) is 0 Å². The summed E-state index contributed by atoms with van der Waals surface area (Å²) in [6.07, 6.45) is 1.81. The lowest BCUT2D eigenvalue weighted by Crippen LogP contribution is -2.61. The van der Waals surface area contributed by atoms with Crippen LogP contribution in [0, 0.1) is 12.7 Å². The summed E-state index contributed by atoms with van der Waals surface area (Å²) in [5, 5.41) is 11.3. The van der Waals surface area contributed by atoms with E-state index in [1.807, 2.05) is 12.1 Å². The topological polar surface area (TPSA) is 32.7 Å². The molecule has 2 fully saturated rings. The van der Waals surface area contributed by atoms with Crippen LogP contribution in [-0.2, 0) is 17.7 Å². The minimum atomic E-state index is -0.798. The quantitative estimate of drug-likeness (QED) is 0.912. The number of benzene rings is 2. The smallest absolute Gasteiger partial charge is 0.126 e. The highest BCUT2D eigenvalue weighted by molar-refractivity contribution is 5.25. The van der Waals surface area contributed by atoms with Crippen LogP contribution < -0.4 is 0 Å². The number of aliphatic hydroxyl groups is 1. The summed E-state index contributed by atoms with van der Waals surface area (Å²) in [4.78, 5) is 2.48. The fourth-order valence-electron chi connectivity index (χ4n) is 4.47. The van der Waals surface area contributed by atoms with E-state index >= 15 is 0 Å². The summed E-state index contributed by atoms with van der Waals surface area (Å²) in [6, 6.07) is 16.1. The summed E-state index contributed by atoms with van der Waals surface area (Å²) in [5.41, 5.74) is 2.00. The third kappa shape index (κ3) is 3.68. The number of hydrogen-bond donors (Lipinski definition) is 1. The van der Waals surface area contributed by atoms with Crippen LogP contribution in [0.15, 0.2) is 48.5 Å². The van der Waals surface area contributed by atoms with Crippen LogP contribution in [0.5, 0.6) is 0 Å². The van der Waals surface area contributed by atoms with E-state index in [1.54, 1.807) is 19.1 Å². The van der Waals surface area contributed by atoms with Gasteiger partial charge in [-0.05, 0) is 42.5 Å². The van der Waals surface area contributed by atoms with Crippen molar-refractivity contribution in [1.82, 2.24) is 4.90 Å². The second kappa shape index (κ2) is 7.10. The predicted octanol–water partition coefficient (Wildman–Crippen LogP) is 3.47. The number of hydrogen-bond acceptors (Lipinski definition) is 3. The molecular weight excluding hydrogens is 329 g/mol. The van der Waals surface area contributed by atoms with Gasteiger partial charge in [0.15, 0.2) is 0 Å². The molecule has 0 aromatic heterocycles. The molecule has 2 heterocycles. The van der Waals surface area contributed by atoms with Gasteiger partial charge in [0, 0.05) is 25.0 Å². The highest BCUT2D eigenvalue weighted by Crippen LogP contribution is 2.37. The van der Waals surface area contributed by atoms with Crippen LogP contribution >= 0.6 is 0 Å². The zero-order valence-electron chi connectivity index (χ0n) is 15.2. The molecule has 2 aliphatic heterocycles. The third-order valence-electron chi connectivity index (χ3n) is 5.77. The number of piperidine rings is 1. The van der Waals surface area contributed by atoms with Crippen molar-refractivity contribution in [3.05, 3.63) is 71.0 Å². The molecule has 1 N–H and O–H groups in total. The summed E-state index contributed by atoms with van der Waals surface area (Å²) >= 11 is 0. The van der Waals surface area contributed by atoms with E-state index in [4.69, 9.17) is 4.74 Å². The predicted molar refractivity (Wildman–Crippen MR) is 99.4 cm³/mol. The van der Waals surface area contributed by atoms with Crippen molar-refractivity contribution in [2.45, 2.75) is 50.4 Å². The van der Waals surface area contributed by atoms with E-state index in [9.17, 15) is 9.50 Å². The third-order valence-corrected chi connectivity index (χ3v) is 5.77. The summed E-state index contributed by atoms with van der Waals surface area (Å²) < 4.78 is 19.7. The van der Waals surface area contributed by atoms with Gasteiger partial charge in [0.1, 0.15) is 5.82 Å². The fraction of sp³-hybridized carbons (Fsp3) is 0.455. The summed E-state index contributed by atoms with van der Waals surface area (Å²) in [7, 11) is 0. The maximum Gasteiger partial charge on any atom is 0.126 e. The molecule has 4 heteroatoms. The Bertz CT molecular complexity index is 750. The number of fused-ring (bicyclic) bond motifs is 2. The van der Waals surface area contributed by atoms with E-state index in [-0.39, 0.29) is 17.9 Å². The number of rotatable bonds is 4. The Kier molecular flexibility index (Phi) is 4.82. The molecule has 2 atom stereocenters. The van der Waals surface area contributed by atoms with E-state index in [0.717, 1.165) is 12.1 Å². The standard InChI is InChI=1S/C22H26FNO2/c1-16-7-8-18(9-21(16)23)10-22(25)11-19-14-26-15-20(12-22)24(19)13-17-5-3-2-4-6-17/h2-9,19-20,25H,10-15H2,1H3. The molecule has 0 aliphatic carbocycles. The zero-order valence-corrected chi connectivity index (χ0v) is 15.2. The Balaban J connectivity index is 1.50. The number of nitrogens with zero attached hydrogens (tertiary/aromatic N) is 1. The first-order valence-corrected chi connectivity index (χ1v) is 9.37. The van der Waals surface area contributed by atoms with Gasteiger partial charge in [-0.25, -0.2) is 4.39 Å². The van der Waals surface area contributed by atoms with E-state index in [1.165, 1.54) is 5.56 Å². The van der Waals surface area contributed by atoms with Crippen LogP contribution in [0.2, 0.25) is 0 Å². The Morgan fingerprint density at radius 2 is 1.77 bits per heavy atom. The lowest BCUT2D eigenvalue weighted by Gasteiger charge is -2.52. The molecular formula is C22H26FNO2. The van der Waals surface area contributed by atoms with Crippen LogP contribution in [0.3, 0.4) is 0 Å². The maximum atomic E-state index is 13.9. The van der Waals surface area contributed by atoms with Gasteiger partial charge >= 0.3 is 0 Å². The Morgan fingerprint density at radius 3 is 2.42 bits per heavy atom. The number of ether oxygens (including phenoxy) is 1. The van der Waals surface area contributed by atoms with Crippen molar-refractivity contribution in [3.8, 4) is 0 Å². The average molecular weight is 355 g/mol.